The number of nitrogens with two attached hydrogens (primary N) is 1. The fraction of sp³-hybridized carbons (Fsp3) is 0.348. The van der Waals surface area contributed by atoms with Crippen LogP contribution in [0.2, 0.25) is 0 Å². The molecule has 3 aromatic rings. The predicted octanol–water partition coefficient (Wildman–Crippen LogP) is 4.07. The molecule has 30 heavy (non-hydrogen) atoms. The van der Waals surface area contributed by atoms with Crippen molar-refractivity contribution in [2.45, 2.75) is 55.5 Å². The lowest BCUT2D eigenvalue weighted by Crippen LogP contribution is -2.30. The minimum atomic E-state index is -0.436. The zero-order valence-corrected chi connectivity index (χ0v) is 18.3. The van der Waals surface area contributed by atoms with Crippen molar-refractivity contribution < 1.29 is 4.79 Å². The summed E-state index contributed by atoms with van der Waals surface area (Å²) in [5, 5.41) is 11.7. The Morgan fingerprint density at radius 1 is 1.10 bits per heavy atom. The molecular formula is C23H27N5OS. The van der Waals surface area contributed by atoms with Gasteiger partial charge in [0.15, 0.2) is 5.82 Å². The number of benzene rings is 2. The highest BCUT2D eigenvalue weighted by Gasteiger charge is 2.30. The van der Waals surface area contributed by atoms with Crippen molar-refractivity contribution in [3.05, 3.63) is 65.7 Å². The van der Waals surface area contributed by atoms with Crippen molar-refractivity contribution >= 4 is 17.7 Å². The molecule has 1 atom stereocenters. The van der Waals surface area contributed by atoms with E-state index in [1.807, 2.05) is 42.5 Å². The Morgan fingerprint density at radius 3 is 2.37 bits per heavy atom. The molecule has 2 aromatic carbocycles. The highest BCUT2D eigenvalue weighted by atomic mass is 32.2. The van der Waals surface area contributed by atoms with Gasteiger partial charge >= 0.3 is 0 Å². The van der Waals surface area contributed by atoms with E-state index in [0.717, 1.165) is 24.0 Å². The van der Waals surface area contributed by atoms with Crippen LogP contribution in [0.15, 0.2) is 59.8 Å². The van der Waals surface area contributed by atoms with E-state index in [1.54, 1.807) is 0 Å². The lowest BCUT2D eigenvalue weighted by molar-refractivity contribution is -0.120. The molecule has 0 saturated heterocycles. The number of aromatic nitrogens is 3. The van der Waals surface area contributed by atoms with Crippen LogP contribution in [-0.4, -0.2) is 26.8 Å². The number of hydrogen-bond acceptors (Lipinski definition) is 5. The van der Waals surface area contributed by atoms with Gasteiger partial charge in [0.2, 0.25) is 11.1 Å². The van der Waals surface area contributed by atoms with E-state index >= 15 is 0 Å². The summed E-state index contributed by atoms with van der Waals surface area (Å²) in [6.45, 7) is 6.54. The number of thioether (sulfide) groups is 1. The molecule has 3 N–H and O–H groups in total. The van der Waals surface area contributed by atoms with Gasteiger partial charge in [-0.05, 0) is 29.4 Å². The number of hydrogen-bond donors (Lipinski definition) is 2. The average Bonchev–Trinajstić information content (AvgIpc) is 3.47. The van der Waals surface area contributed by atoms with Crippen LogP contribution in [0.1, 0.15) is 50.0 Å². The summed E-state index contributed by atoms with van der Waals surface area (Å²) >= 11 is 1.32. The van der Waals surface area contributed by atoms with Crippen LogP contribution >= 0.6 is 11.8 Å². The number of amides is 1. The standard InChI is InChI=1S/C23H27N5OS/c1-23(2,3)17-11-9-16(10-12-17)20-26-27-22(28(20)24)30-19(15-7-5-4-6-8-15)21(29)25-18-13-14-18/h4-12,18-19H,13-14,24H2,1-3H3,(H,25,29)/t19-/m1/s1. The average molecular weight is 422 g/mol. The maximum atomic E-state index is 12.9. The first-order chi connectivity index (χ1) is 14.3. The second-order valence-corrected chi connectivity index (χ2v) is 9.77. The summed E-state index contributed by atoms with van der Waals surface area (Å²) in [5.41, 5.74) is 3.13. The van der Waals surface area contributed by atoms with E-state index in [4.69, 9.17) is 5.84 Å². The largest absolute Gasteiger partial charge is 0.352 e. The van der Waals surface area contributed by atoms with Gasteiger partial charge in [0.05, 0.1) is 0 Å². The molecule has 0 radical (unpaired) electrons. The number of carbonyl (C=O) groups excluding carboxylic acids is 1. The molecule has 7 heteroatoms. The molecule has 0 bridgehead atoms. The maximum absolute atomic E-state index is 12.9. The summed E-state index contributed by atoms with van der Waals surface area (Å²) in [6, 6.07) is 18.2. The first kappa shape index (κ1) is 20.5. The fourth-order valence-electron chi connectivity index (χ4n) is 3.18. The molecule has 6 nitrogen and oxygen atoms in total. The fourth-order valence-corrected chi connectivity index (χ4v) is 4.15. The zero-order chi connectivity index (χ0) is 21.3. The van der Waals surface area contributed by atoms with Crippen molar-refractivity contribution in [3.63, 3.8) is 0 Å². The molecule has 4 rings (SSSR count). The van der Waals surface area contributed by atoms with Crippen molar-refractivity contribution in [2.24, 2.45) is 0 Å². The SMILES string of the molecule is CC(C)(C)c1ccc(-c2nnc(S[C@@H](C(=O)NC3CC3)c3ccccc3)n2N)cc1. The van der Waals surface area contributed by atoms with Crippen molar-refractivity contribution in [2.75, 3.05) is 5.84 Å². The highest BCUT2D eigenvalue weighted by Crippen LogP contribution is 2.36. The molecule has 1 saturated carbocycles. The van der Waals surface area contributed by atoms with Crippen LogP contribution in [0.4, 0.5) is 0 Å². The van der Waals surface area contributed by atoms with Crippen LogP contribution in [-0.2, 0) is 10.2 Å². The quantitative estimate of drug-likeness (QED) is 0.463. The third-order valence-electron chi connectivity index (χ3n) is 5.16. The van der Waals surface area contributed by atoms with Crippen LogP contribution in [0.5, 0.6) is 0 Å². The highest BCUT2D eigenvalue weighted by molar-refractivity contribution is 8.00. The summed E-state index contributed by atoms with van der Waals surface area (Å²) in [7, 11) is 0. The molecule has 0 aliphatic heterocycles. The topological polar surface area (TPSA) is 85.8 Å². The van der Waals surface area contributed by atoms with Gasteiger partial charge in [-0.2, -0.15) is 0 Å². The van der Waals surface area contributed by atoms with Crippen LogP contribution < -0.4 is 11.2 Å². The van der Waals surface area contributed by atoms with Crippen molar-refractivity contribution in [3.8, 4) is 11.4 Å². The molecule has 1 aromatic heterocycles. The number of nitrogens with zero attached hydrogens (tertiary/aromatic N) is 3. The molecular weight excluding hydrogens is 394 g/mol. The van der Waals surface area contributed by atoms with Gasteiger partial charge in [-0.3, -0.25) is 4.79 Å². The number of rotatable bonds is 6. The lowest BCUT2D eigenvalue weighted by atomic mass is 9.87. The van der Waals surface area contributed by atoms with Gasteiger partial charge in [-0.15, -0.1) is 10.2 Å². The molecule has 1 amide bonds. The molecule has 0 unspecified atom stereocenters. The number of nitrogen functional groups attached to an aromatic ring is 1. The predicted molar refractivity (Wildman–Crippen MR) is 121 cm³/mol. The van der Waals surface area contributed by atoms with Crippen LogP contribution in [0, 0.1) is 0 Å². The summed E-state index contributed by atoms with van der Waals surface area (Å²) in [4.78, 5) is 12.9. The van der Waals surface area contributed by atoms with Gasteiger partial charge in [0, 0.05) is 11.6 Å². The minimum absolute atomic E-state index is 0.0206. The number of carbonyl (C=O) groups is 1. The Morgan fingerprint density at radius 2 is 1.77 bits per heavy atom. The van der Waals surface area contributed by atoms with Crippen LogP contribution in [0.25, 0.3) is 11.4 Å². The second-order valence-electron chi connectivity index (χ2n) is 8.69. The van der Waals surface area contributed by atoms with E-state index in [9.17, 15) is 4.79 Å². The summed E-state index contributed by atoms with van der Waals surface area (Å²) in [6.07, 6.45) is 2.08. The van der Waals surface area contributed by atoms with Crippen molar-refractivity contribution in [1.82, 2.24) is 20.2 Å². The molecule has 1 aliphatic carbocycles. The lowest BCUT2D eigenvalue weighted by Gasteiger charge is -2.19. The van der Waals surface area contributed by atoms with E-state index < -0.39 is 5.25 Å². The van der Waals surface area contributed by atoms with Gasteiger partial charge in [0.25, 0.3) is 0 Å². The first-order valence-electron chi connectivity index (χ1n) is 10.2. The number of nitrogens with one attached hydrogen (secondary N) is 1. The van der Waals surface area contributed by atoms with E-state index in [0.29, 0.717) is 11.0 Å². The maximum Gasteiger partial charge on any atom is 0.238 e. The van der Waals surface area contributed by atoms with Crippen LogP contribution in [0.3, 0.4) is 0 Å². The summed E-state index contributed by atoms with van der Waals surface area (Å²) < 4.78 is 1.47. The first-order valence-corrected chi connectivity index (χ1v) is 11.0. The molecule has 1 aliphatic rings. The van der Waals surface area contributed by atoms with Gasteiger partial charge in [0.1, 0.15) is 5.25 Å². The molecule has 0 spiro atoms. The van der Waals surface area contributed by atoms with E-state index in [1.165, 1.54) is 22.0 Å². The summed E-state index contributed by atoms with van der Waals surface area (Å²) in [5.74, 6) is 6.89. The smallest absolute Gasteiger partial charge is 0.238 e. The minimum Gasteiger partial charge on any atom is -0.352 e. The normalized spacial score (nSPS) is 15.0. The Balaban J connectivity index is 1.59. The molecule has 1 heterocycles. The Bertz CT molecular complexity index is 1020. The molecule has 1 fully saturated rings. The zero-order valence-electron chi connectivity index (χ0n) is 17.5. The Labute approximate surface area is 181 Å². The van der Waals surface area contributed by atoms with Gasteiger partial charge in [-0.1, -0.05) is 87.1 Å². The Hall–Kier alpha value is -2.80. The molecule has 156 valence electrons. The second kappa shape index (κ2) is 8.14. The van der Waals surface area contributed by atoms with Gasteiger partial charge in [-0.25, -0.2) is 4.68 Å². The van der Waals surface area contributed by atoms with Gasteiger partial charge < -0.3 is 11.2 Å². The van der Waals surface area contributed by atoms with Crippen molar-refractivity contribution in [1.29, 1.82) is 0 Å². The monoisotopic (exact) mass is 421 g/mol. The Kier molecular flexibility index (Phi) is 5.56. The van der Waals surface area contributed by atoms with E-state index in [2.05, 4.69) is 48.4 Å². The third-order valence-corrected chi connectivity index (χ3v) is 6.37. The third kappa shape index (κ3) is 4.51. The van der Waals surface area contributed by atoms with E-state index in [-0.39, 0.29) is 17.4 Å².